The van der Waals surface area contributed by atoms with Crippen LogP contribution in [0.15, 0.2) is 30.0 Å². The summed E-state index contributed by atoms with van der Waals surface area (Å²) in [7, 11) is 1.11. The molecule has 2 aromatic rings. The number of nitrogens with one attached hydrogen (secondary N) is 1. The minimum atomic E-state index is -4.66. The highest BCUT2D eigenvalue weighted by atomic mass is 32.2. The lowest BCUT2D eigenvalue weighted by atomic mass is 10.1. The molecule has 0 spiro atoms. The van der Waals surface area contributed by atoms with Crippen molar-refractivity contribution in [2.24, 2.45) is 0 Å². The largest absolute Gasteiger partial charge is 0.431 e. The van der Waals surface area contributed by atoms with E-state index in [-0.39, 0.29) is 4.58 Å². The van der Waals surface area contributed by atoms with E-state index in [4.69, 9.17) is 4.74 Å². The number of carbonyl (C=O) groups excluding carboxylic acids is 1. The zero-order chi connectivity index (χ0) is 20.6. The number of hydrogen-bond acceptors (Lipinski definition) is 6. The number of carbonyl (C=O) groups is 1. The van der Waals surface area contributed by atoms with Gasteiger partial charge in [-0.2, -0.15) is 17.5 Å². The third-order valence-electron chi connectivity index (χ3n) is 4.63. The van der Waals surface area contributed by atoms with Crippen LogP contribution < -0.4 is 5.32 Å². The molecule has 0 bridgehead atoms. The Balaban J connectivity index is 1.54. The standard InChI is InChI=1S/C18H18F3N3O2S3/c1-24(14(18(19,20)21)9-11-4-5-26-11)17(25)22-10-2-3-13-12(8-10)15(23-29-13)16-27-6-7-28-16/h2-3,8-9,11,16H,4-7H2,1H3,(H,22,25)/b14-9-. The Morgan fingerprint density at radius 2 is 2.07 bits per heavy atom. The number of fused-ring (bicyclic) bond motifs is 1. The van der Waals surface area contributed by atoms with Crippen molar-refractivity contribution in [1.82, 2.24) is 9.27 Å². The Bertz CT molecular complexity index is 937. The summed E-state index contributed by atoms with van der Waals surface area (Å²) in [5.41, 5.74) is 0.364. The lowest BCUT2D eigenvalue weighted by molar-refractivity contribution is -0.108. The molecular weight excluding hydrogens is 443 g/mol. The van der Waals surface area contributed by atoms with Crippen LogP contribution in [0.3, 0.4) is 0 Å². The predicted molar refractivity (Wildman–Crippen MR) is 113 cm³/mol. The summed E-state index contributed by atoms with van der Waals surface area (Å²) < 4.78 is 51.1. The molecular formula is C18H18F3N3O2S3. The maximum atomic E-state index is 13.4. The zero-order valence-corrected chi connectivity index (χ0v) is 17.8. The van der Waals surface area contributed by atoms with Crippen molar-refractivity contribution >= 4 is 56.9 Å². The fourth-order valence-electron chi connectivity index (χ4n) is 3.00. The van der Waals surface area contributed by atoms with Crippen LogP contribution >= 0.6 is 35.1 Å². The van der Waals surface area contributed by atoms with Crippen LogP contribution in [0.4, 0.5) is 23.7 Å². The number of thioether (sulfide) groups is 2. The van der Waals surface area contributed by atoms with Crippen LogP contribution in [0.25, 0.3) is 10.1 Å². The first-order valence-electron chi connectivity index (χ1n) is 8.91. The molecule has 2 amide bonds. The fourth-order valence-corrected chi connectivity index (χ4v) is 6.76. The molecule has 2 aliphatic rings. The molecule has 1 aromatic heterocycles. The van der Waals surface area contributed by atoms with Crippen molar-refractivity contribution in [2.75, 3.05) is 30.5 Å². The van der Waals surface area contributed by atoms with Gasteiger partial charge in [-0.3, -0.25) is 4.90 Å². The Morgan fingerprint density at radius 1 is 1.34 bits per heavy atom. The maximum Gasteiger partial charge on any atom is 0.431 e. The first-order valence-corrected chi connectivity index (χ1v) is 11.8. The second kappa shape index (κ2) is 8.37. The van der Waals surface area contributed by atoms with Crippen LogP contribution in [-0.2, 0) is 4.74 Å². The van der Waals surface area contributed by atoms with Crippen molar-refractivity contribution in [1.29, 1.82) is 0 Å². The Morgan fingerprint density at radius 3 is 2.69 bits per heavy atom. The van der Waals surface area contributed by atoms with E-state index in [2.05, 4.69) is 9.69 Å². The van der Waals surface area contributed by atoms with Gasteiger partial charge in [-0.05, 0) is 35.8 Å². The fraction of sp³-hybridized carbons (Fsp3) is 0.444. The van der Waals surface area contributed by atoms with Crippen molar-refractivity contribution in [3.05, 3.63) is 35.7 Å². The number of amides is 2. The Labute approximate surface area is 178 Å². The van der Waals surface area contributed by atoms with Crippen molar-refractivity contribution in [3.8, 4) is 0 Å². The summed E-state index contributed by atoms with van der Waals surface area (Å²) in [6, 6.07) is 4.43. The van der Waals surface area contributed by atoms with E-state index >= 15 is 0 Å². The molecule has 1 atom stereocenters. The molecule has 29 heavy (non-hydrogen) atoms. The predicted octanol–water partition coefficient (Wildman–Crippen LogP) is 5.47. The molecule has 1 aromatic carbocycles. The van der Waals surface area contributed by atoms with E-state index in [1.165, 1.54) is 11.5 Å². The second-order valence-electron chi connectivity index (χ2n) is 6.59. The minimum Gasteiger partial charge on any atom is -0.374 e. The molecule has 5 nitrogen and oxygen atoms in total. The van der Waals surface area contributed by atoms with Gasteiger partial charge in [0.1, 0.15) is 5.70 Å². The highest BCUT2D eigenvalue weighted by Gasteiger charge is 2.40. The highest BCUT2D eigenvalue weighted by Crippen LogP contribution is 2.47. The van der Waals surface area contributed by atoms with E-state index in [0.29, 0.717) is 23.6 Å². The Hall–Kier alpha value is -1.43. The van der Waals surface area contributed by atoms with Crippen LogP contribution in [0.1, 0.15) is 16.7 Å². The molecule has 3 heterocycles. The van der Waals surface area contributed by atoms with Gasteiger partial charge >= 0.3 is 12.2 Å². The third kappa shape index (κ3) is 4.52. The number of alkyl halides is 3. The van der Waals surface area contributed by atoms with Gasteiger partial charge < -0.3 is 10.1 Å². The number of allylic oxidation sites excluding steroid dienone is 1. The summed E-state index contributed by atoms with van der Waals surface area (Å²) in [6.07, 6.45) is -3.80. The quantitative estimate of drug-likeness (QED) is 0.654. The number of benzene rings is 1. The Kier molecular flexibility index (Phi) is 6.01. The van der Waals surface area contributed by atoms with Crippen molar-refractivity contribution < 1.29 is 22.7 Å². The average Bonchev–Trinajstić information content (AvgIpc) is 3.28. The first kappa shape index (κ1) is 20.8. The lowest BCUT2D eigenvalue weighted by Gasteiger charge is -2.28. The van der Waals surface area contributed by atoms with Gasteiger partial charge in [-0.25, -0.2) is 4.79 Å². The van der Waals surface area contributed by atoms with Gasteiger partial charge in [0.05, 0.1) is 27.7 Å². The van der Waals surface area contributed by atoms with Crippen LogP contribution in [-0.4, -0.2) is 52.7 Å². The number of nitrogens with zero attached hydrogens (tertiary/aromatic N) is 2. The SMILES string of the molecule is CN(C(=O)Nc1ccc2snc(C3SCCS3)c2c1)/C(=C\C1CCO1)C(F)(F)F. The molecule has 0 radical (unpaired) electrons. The van der Waals surface area contributed by atoms with E-state index in [1.54, 1.807) is 12.1 Å². The first-order chi connectivity index (χ1) is 13.8. The zero-order valence-electron chi connectivity index (χ0n) is 15.4. The van der Waals surface area contributed by atoms with Crippen LogP contribution in [0, 0.1) is 0 Å². The summed E-state index contributed by atoms with van der Waals surface area (Å²) in [6.45, 7) is 0.427. The number of aromatic nitrogens is 1. The molecule has 1 N–H and O–H groups in total. The van der Waals surface area contributed by atoms with Gasteiger partial charge in [0.2, 0.25) is 0 Å². The summed E-state index contributed by atoms with van der Waals surface area (Å²) in [5, 5.41) is 3.50. The lowest BCUT2D eigenvalue weighted by Crippen LogP contribution is -2.38. The normalized spacial score (nSPS) is 20.7. The highest BCUT2D eigenvalue weighted by molar-refractivity contribution is 8.19. The maximum absolute atomic E-state index is 13.4. The average molecular weight is 462 g/mol. The van der Waals surface area contributed by atoms with E-state index < -0.39 is 24.0 Å². The molecule has 2 aliphatic heterocycles. The number of rotatable bonds is 4. The number of hydrogen-bond donors (Lipinski definition) is 1. The molecule has 0 saturated carbocycles. The summed E-state index contributed by atoms with van der Waals surface area (Å²) >= 11 is 5.04. The van der Waals surface area contributed by atoms with Crippen molar-refractivity contribution in [2.45, 2.75) is 23.3 Å². The number of ether oxygens (including phenoxy) is 1. The molecule has 2 saturated heterocycles. The molecule has 2 fully saturated rings. The van der Waals surface area contributed by atoms with Gasteiger partial charge in [-0.1, -0.05) is 0 Å². The minimum absolute atomic E-state index is 0.250. The number of urea groups is 1. The number of halogens is 3. The molecule has 4 rings (SSSR count). The smallest absolute Gasteiger partial charge is 0.374 e. The summed E-state index contributed by atoms with van der Waals surface area (Å²) in [4.78, 5) is 13.1. The van der Waals surface area contributed by atoms with Crippen LogP contribution in [0.5, 0.6) is 0 Å². The molecule has 156 valence electrons. The number of anilines is 1. The second-order valence-corrected chi connectivity index (χ2v) is 10.1. The van der Waals surface area contributed by atoms with Crippen molar-refractivity contribution in [3.63, 3.8) is 0 Å². The van der Waals surface area contributed by atoms with E-state index in [1.807, 2.05) is 29.6 Å². The van der Waals surface area contributed by atoms with E-state index in [0.717, 1.165) is 40.4 Å². The topological polar surface area (TPSA) is 54.5 Å². The molecule has 1 unspecified atom stereocenters. The van der Waals surface area contributed by atoms with Gasteiger partial charge in [-0.15, -0.1) is 23.5 Å². The van der Waals surface area contributed by atoms with Gasteiger partial charge in [0.15, 0.2) is 0 Å². The van der Waals surface area contributed by atoms with E-state index in [9.17, 15) is 18.0 Å². The van der Waals surface area contributed by atoms with Gasteiger partial charge in [0.25, 0.3) is 0 Å². The summed E-state index contributed by atoms with van der Waals surface area (Å²) in [5.74, 6) is 2.12. The third-order valence-corrected chi connectivity index (χ3v) is 8.48. The van der Waals surface area contributed by atoms with Gasteiger partial charge in [0, 0.05) is 36.0 Å². The molecule has 11 heteroatoms. The molecule has 0 aliphatic carbocycles. The van der Waals surface area contributed by atoms with Crippen LogP contribution in [0.2, 0.25) is 0 Å². The monoisotopic (exact) mass is 461 g/mol.